The van der Waals surface area contributed by atoms with Crippen molar-refractivity contribution >= 4 is 17.7 Å². The van der Waals surface area contributed by atoms with Crippen molar-refractivity contribution in [2.24, 2.45) is 17.8 Å². The fraction of sp³-hybridized carbons (Fsp3) is 0.542. The van der Waals surface area contributed by atoms with Gasteiger partial charge in [0.25, 0.3) is 5.91 Å². The van der Waals surface area contributed by atoms with Crippen molar-refractivity contribution in [3.8, 4) is 5.69 Å². The fourth-order valence-electron chi connectivity index (χ4n) is 4.83. The zero-order valence-electron chi connectivity index (χ0n) is 18.1. The Morgan fingerprint density at radius 3 is 2.57 bits per heavy atom. The first-order valence-electron chi connectivity index (χ1n) is 10.9. The zero-order chi connectivity index (χ0) is 21.3. The van der Waals surface area contributed by atoms with E-state index in [0.29, 0.717) is 24.1 Å². The third-order valence-electron chi connectivity index (χ3n) is 6.42. The first-order valence-corrected chi connectivity index (χ1v) is 10.9. The molecule has 30 heavy (non-hydrogen) atoms. The second kappa shape index (κ2) is 8.25. The molecule has 2 bridgehead atoms. The van der Waals surface area contributed by atoms with Crippen molar-refractivity contribution in [1.82, 2.24) is 9.78 Å². The van der Waals surface area contributed by atoms with Crippen LogP contribution < -0.4 is 5.32 Å². The summed E-state index contributed by atoms with van der Waals surface area (Å²) in [5.41, 5.74) is 1.57. The van der Waals surface area contributed by atoms with E-state index in [4.69, 9.17) is 4.74 Å². The summed E-state index contributed by atoms with van der Waals surface area (Å²) in [6, 6.07) is 11.5. The first-order chi connectivity index (χ1) is 14.3. The number of ether oxygens (including phenoxy) is 1. The van der Waals surface area contributed by atoms with Gasteiger partial charge in [0, 0.05) is 17.9 Å². The molecule has 2 fully saturated rings. The van der Waals surface area contributed by atoms with Crippen LogP contribution in [0.4, 0.5) is 5.82 Å². The molecule has 1 heterocycles. The van der Waals surface area contributed by atoms with Gasteiger partial charge >= 0.3 is 5.97 Å². The molecule has 0 radical (unpaired) electrons. The third-order valence-corrected chi connectivity index (χ3v) is 6.42. The smallest absolute Gasteiger partial charge is 0.306 e. The Kier molecular flexibility index (Phi) is 5.67. The normalized spacial score (nSPS) is 22.8. The maximum Gasteiger partial charge on any atom is 0.306 e. The van der Waals surface area contributed by atoms with Crippen molar-refractivity contribution in [2.75, 3.05) is 11.9 Å². The topological polar surface area (TPSA) is 73.2 Å². The summed E-state index contributed by atoms with van der Waals surface area (Å²) in [4.78, 5) is 24.7. The SMILES string of the molecule is CC(C)(C)c1cc(NC(=O)COC(=O)C[C@@H]2C[C@@H]3CC[C@H]2C3)n(-c2ccccc2)n1. The zero-order valence-corrected chi connectivity index (χ0v) is 18.1. The molecule has 2 saturated carbocycles. The number of benzene rings is 1. The second-order valence-corrected chi connectivity index (χ2v) is 9.76. The third kappa shape index (κ3) is 4.58. The number of carbonyl (C=O) groups is 2. The van der Waals surface area contributed by atoms with Gasteiger partial charge in [0.05, 0.1) is 11.4 Å². The van der Waals surface area contributed by atoms with E-state index in [2.05, 4.69) is 31.2 Å². The van der Waals surface area contributed by atoms with Gasteiger partial charge in [-0.2, -0.15) is 5.10 Å². The van der Waals surface area contributed by atoms with Crippen molar-refractivity contribution in [1.29, 1.82) is 0 Å². The Morgan fingerprint density at radius 2 is 1.93 bits per heavy atom. The summed E-state index contributed by atoms with van der Waals surface area (Å²) in [7, 11) is 0. The molecule has 1 aromatic carbocycles. The van der Waals surface area contributed by atoms with Gasteiger partial charge in [0.1, 0.15) is 5.82 Å². The molecule has 6 nitrogen and oxygen atoms in total. The number of anilines is 1. The number of nitrogens with one attached hydrogen (secondary N) is 1. The summed E-state index contributed by atoms with van der Waals surface area (Å²) in [5, 5.41) is 7.55. The lowest BCUT2D eigenvalue weighted by Crippen LogP contribution is -2.24. The number of amides is 1. The minimum atomic E-state index is -0.353. The van der Waals surface area contributed by atoms with Gasteiger partial charge in [-0.05, 0) is 49.1 Å². The first kappa shape index (κ1) is 20.6. The van der Waals surface area contributed by atoms with Crippen LogP contribution >= 0.6 is 0 Å². The molecule has 2 aliphatic rings. The molecule has 0 unspecified atom stereocenters. The van der Waals surface area contributed by atoms with Gasteiger partial charge in [-0.3, -0.25) is 9.59 Å². The maximum atomic E-state index is 12.5. The highest BCUT2D eigenvalue weighted by molar-refractivity contribution is 5.92. The number of nitrogens with zero attached hydrogens (tertiary/aromatic N) is 2. The van der Waals surface area contributed by atoms with Gasteiger partial charge in [0.2, 0.25) is 0 Å². The summed E-state index contributed by atoms with van der Waals surface area (Å²) < 4.78 is 7.00. The summed E-state index contributed by atoms with van der Waals surface area (Å²) in [5.74, 6) is 1.86. The van der Waals surface area contributed by atoms with Crippen LogP contribution in [0.25, 0.3) is 5.69 Å². The quantitative estimate of drug-likeness (QED) is 0.714. The molecule has 1 aromatic heterocycles. The average molecular weight is 410 g/mol. The average Bonchev–Trinajstić information content (AvgIpc) is 3.42. The van der Waals surface area contributed by atoms with Crippen LogP contribution in [0.1, 0.15) is 58.6 Å². The Hall–Kier alpha value is -2.63. The summed E-state index contributed by atoms with van der Waals surface area (Å²) in [6.45, 7) is 5.96. The molecule has 1 N–H and O–H groups in total. The summed E-state index contributed by atoms with van der Waals surface area (Å²) >= 11 is 0. The predicted octanol–water partition coefficient (Wildman–Crippen LogP) is 4.48. The number of rotatable bonds is 6. The number of fused-ring (bicyclic) bond motifs is 2. The molecule has 160 valence electrons. The van der Waals surface area contributed by atoms with Crippen molar-refractivity contribution in [3.63, 3.8) is 0 Å². The summed E-state index contributed by atoms with van der Waals surface area (Å²) in [6.07, 6.45) is 5.38. The van der Waals surface area contributed by atoms with Crippen LogP contribution in [0.5, 0.6) is 0 Å². The lowest BCUT2D eigenvalue weighted by Gasteiger charge is -2.20. The van der Waals surface area contributed by atoms with E-state index in [1.807, 2.05) is 36.4 Å². The van der Waals surface area contributed by atoms with Gasteiger partial charge < -0.3 is 10.1 Å². The van der Waals surface area contributed by atoms with Gasteiger partial charge in [-0.1, -0.05) is 45.4 Å². The fourth-order valence-corrected chi connectivity index (χ4v) is 4.83. The molecule has 2 aliphatic carbocycles. The number of aromatic nitrogens is 2. The largest absolute Gasteiger partial charge is 0.456 e. The Labute approximate surface area is 178 Å². The van der Waals surface area contributed by atoms with E-state index in [0.717, 1.165) is 23.7 Å². The molecule has 6 heteroatoms. The van der Waals surface area contributed by atoms with Crippen molar-refractivity contribution in [2.45, 2.75) is 58.3 Å². The molecule has 0 aliphatic heterocycles. The van der Waals surface area contributed by atoms with Crippen LogP contribution in [0.2, 0.25) is 0 Å². The molecule has 2 aromatic rings. The van der Waals surface area contributed by atoms with Gasteiger partial charge in [0.15, 0.2) is 6.61 Å². The van der Waals surface area contributed by atoms with Crippen LogP contribution in [-0.2, 0) is 19.7 Å². The maximum absolute atomic E-state index is 12.5. The van der Waals surface area contributed by atoms with Crippen LogP contribution in [0.15, 0.2) is 36.4 Å². The number of carbonyl (C=O) groups excluding carboxylic acids is 2. The van der Waals surface area contributed by atoms with E-state index in [-0.39, 0.29) is 23.9 Å². The molecular formula is C24H31N3O3. The van der Waals surface area contributed by atoms with Crippen LogP contribution in [0, 0.1) is 17.8 Å². The van der Waals surface area contributed by atoms with E-state index < -0.39 is 0 Å². The molecule has 4 rings (SSSR count). The lowest BCUT2D eigenvalue weighted by atomic mass is 9.86. The second-order valence-electron chi connectivity index (χ2n) is 9.76. The molecule has 1 amide bonds. The molecule has 0 saturated heterocycles. The number of hydrogen-bond acceptors (Lipinski definition) is 4. The van der Waals surface area contributed by atoms with Gasteiger partial charge in [-0.25, -0.2) is 4.68 Å². The van der Waals surface area contributed by atoms with E-state index >= 15 is 0 Å². The van der Waals surface area contributed by atoms with Crippen molar-refractivity contribution in [3.05, 3.63) is 42.1 Å². The van der Waals surface area contributed by atoms with E-state index in [1.165, 1.54) is 19.3 Å². The van der Waals surface area contributed by atoms with Crippen molar-refractivity contribution < 1.29 is 14.3 Å². The standard InChI is InChI=1S/C24H31N3O3/c1-24(2,3)20-14-21(27(26-20)19-7-5-4-6-8-19)25-22(28)15-30-23(29)13-18-12-16-9-10-17(18)11-16/h4-8,14,16-18H,9-13,15H2,1-3H3,(H,25,28)/t16-,17+,18+/m1/s1. The monoisotopic (exact) mass is 409 g/mol. The Bertz CT molecular complexity index is 914. The highest BCUT2D eigenvalue weighted by Crippen LogP contribution is 2.49. The highest BCUT2D eigenvalue weighted by Gasteiger charge is 2.40. The predicted molar refractivity (Wildman–Crippen MR) is 115 cm³/mol. The number of esters is 1. The number of para-hydroxylation sites is 1. The van der Waals surface area contributed by atoms with Gasteiger partial charge in [-0.15, -0.1) is 0 Å². The van der Waals surface area contributed by atoms with Crippen LogP contribution in [-0.4, -0.2) is 28.3 Å². The Morgan fingerprint density at radius 1 is 1.17 bits per heavy atom. The molecule has 0 spiro atoms. The molecular weight excluding hydrogens is 378 g/mol. The minimum Gasteiger partial charge on any atom is -0.456 e. The van der Waals surface area contributed by atoms with Crippen LogP contribution in [0.3, 0.4) is 0 Å². The lowest BCUT2D eigenvalue weighted by molar-refractivity contribution is -0.148. The Balaban J connectivity index is 1.37. The van der Waals surface area contributed by atoms with E-state index in [1.54, 1.807) is 4.68 Å². The number of hydrogen-bond donors (Lipinski definition) is 1. The molecule has 3 atom stereocenters. The van der Waals surface area contributed by atoms with E-state index in [9.17, 15) is 9.59 Å². The minimum absolute atomic E-state index is 0.160. The highest BCUT2D eigenvalue weighted by atomic mass is 16.5.